The van der Waals surface area contributed by atoms with Gasteiger partial charge in [0.1, 0.15) is 5.82 Å². The average molecular weight is 263 g/mol. The van der Waals surface area contributed by atoms with Crippen LogP contribution in [0.1, 0.15) is 42.5 Å². The number of rotatable bonds is 7. The molecule has 0 aliphatic carbocycles. The van der Waals surface area contributed by atoms with E-state index in [1.54, 1.807) is 18.3 Å². The van der Waals surface area contributed by atoms with Gasteiger partial charge in [0, 0.05) is 24.9 Å². The number of unbranched alkanes of at least 4 members (excludes halogenated alkanes) is 1. The number of amides is 1. The molecule has 19 heavy (non-hydrogen) atoms. The molecule has 1 saturated heterocycles. The molecule has 104 valence electrons. The van der Waals surface area contributed by atoms with Gasteiger partial charge in [-0.05, 0) is 44.2 Å². The first kappa shape index (κ1) is 13.8. The third kappa shape index (κ3) is 4.52. The first-order valence-corrected chi connectivity index (χ1v) is 6.87. The van der Waals surface area contributed by atoms with Crippen LogP contribution in [0, 0.1) is 0 Å². The molecule has 2 heterocycles. The highest BCUT2D eigenvalue weighted by atomic mass is 16.5. The molecule has 1 aromatic rings. The van der Waals surface area contributed by atoms with Crippen LogP contribution in [0.4, 0.5) is 5.82 Å². The van der Waals surface area contributed by atoms with Gasteiger partial charge in [-0.1, -0.05) is 0 Å². The lowest BCUT2D eigenvalue weighted by Crippen LogP contribution is -2.12. The van der Waals surface area contributed by atoms with Gasteiger partial charge < -0.3 is 15.8 Å². The van der Waals surface area contributed by atoms with Crippen LogP contribution in [0.2, 0.25) is 0 Å². The molecule has 1 atom stereocenters. The number of nitrogens with one attached hydrogen (secondary N) is 1. The molecule has 0 spiro atoms. The van der Waals surface area contributed by atoms with E-state index in [-0.39, 0.29) is 0 Å². The number of primary amides is 1. The minimum atomic E-state index is -0.427. The molecule has 2 rings (SSSR count). The normalized spacial score (nSPS) is 18.4. The van der Waals surface area contributed by atoms with Gasteiger partial charge in [-0.3, -0.25) is 4.79 Å². The number of carbonyl (C=O) groups is 1. The number of pyridine rings is 1. The highest BCUT2D eigenvalue weighted by Crippen LogP contribution is 2.17. The SMILES string of the molecule is NC(=O)c1ccnc(NCCCCC2CCCO2)c1. The second-order valence-corrected chi connectivity index (χ2v) is 4.85. The third-order valence-electron chi connectivity index (χ3n) is 3.33. The maximum atomic E-state index is 11.0. The molecule has 1 aliphatic heterocycles. The monoisotopic (exact) mass is 263 g/mol. The Morgan fingerprint density at radius 1 is 1.53 bits per heavy atom. The number of hydrogen-bond donors (Lipinski definition) is 2. The Morgan fingerprint density at radius 3 is 3.16 bits per heavy atom. The van der Waals surface area contributed by atoms with Gasteiger partial charge >= 0.3 is 0 Å². The third-order valence-corrected chi connectivity index (χ3v) is 3.33. The van der Waals surface area contributed by atoms with Crippen LogP contribution in [-0.4, -0.2) is 30.1 Å². The number of aromatic nitrogens is 1. The highest BCUT2D eigenvalue weighted by Gasteiger charge is 2.14. The van der Waals surface area contributed by atoms with Crippen molar-refractivity contribution in [1.82, 2.24) is 4.98 Å². The number of hydrogen-bond acceptors (Lipinski definition) is 4. The fourth-order valence-electron chi connectivity index (χ4n) is 2.27. The summed E-state index contributed by atoms with van der Waals surface area (Å²) in [5.74, 6) is 0.275. The van der Waals surface area contributed by atoms with Crippen molar-refractivity contribution < 1.29 is 9.53 Å². The van der Waals surface area contributed by atoms with Crippen LogP contribution >= 0.6 is 0 Å². The standard InChI is InChI=1S/C14H21N3O2/c15-14(18)11-6-8-17-13(10-11)16-7-2-1-4-12-5-3-9-19-12/h6,8,10,12H,1-5,7,9H2,(H2,15,18)(H,16,17). The van der Waals surface area contributed by atoms with E-state index in [1.165, 1.54) is 12.8 Å². The second-order valence-electron chi connectivity index (χ2n) is 4.85. The summed E-state index contributed by atoms with van der Waals surface area (Å²) in [6.07, 6.45) is 7.82. The van der Waals surface area contributed by atoms with Crippen LogP contribution in [0.3, 0.4) is 0 Å². The predicted octanol–water partition coefficient (Wildman–Crippen LogP) is 1.94. The average Bonchev–Trinajstić information content (AvgIpc) is 2.92. The Balaban J connectivity index is 1.64. The van der Waals surface area contributed by atoms with Gasteiger partial charge in [-0.2, -0.15) is 0 Å². The topological polar surface area (TPSA) is 77.2 Å². The Kier molecular flexibility index (Phi) is 5.15. The Morgan fingerprint density at radius 2 is 2.42 bits per heavy atom. The number of ether oxygens (including phenoxy) is 1. The largest absolute Gasteiger partial charge is 0.378 e. The number of anilines is 1. The lowest BCUT2D eigenvalue weighted by molar-refractivity contribution is 0.0999. The molecule has 0 bridgehead atoms. The van der Waals surface area contributed by atoms with Crippen LogP contribution in [0.5, 0.6) is 0 Å². The summed E-state index contributed by atoms with van der Waals surface area (Å²) >= 11 is 0. The summed E-state index contributed by atoms with van der Waals surface area (Å²) in [5, 5.41) is 3.21. The van der Waals surface area contributed by atoms with Crippen LogP contribution in [0.25, 0.3) is 0 Å². The molecule has 1 fully saturated rings. The van der Waals surface area contributed by atoms with Crippen molar-refractivity contribution in [3.8, 4) is 0 Å². The van der Waals surface area contributed by atoms with Gasteiger partial charge in [0.05, 0.1) is 6.10 Å². The van der Waals surface area contributed by atoms with E-state index in [9.17, 15) is 4.79 Å². The fraction of sp³-hybridized carbons (Fsp3) is 0.571. The number of carbonyl (C=O) groups excluding carboxylic acids is 1. The molecule has 0 saturated carbocycles. The van der Waals surface area contributed by atoms with E-state index in [1.807, 2.05) is 0 Å². The smallest absolute Gasteiger partial charge is 0.248 e. The molecular formula is C14H21N3O2. The van der Waals surface area contributed by atoms with E-state index in [2.05, 4.69) is 10.3 Å². The van der Waals surface area contributed by atoms with E-state index in [4.69, 9.17) is 10.5 Å². The predicted molar refractivity (Wildman–Crippen MR) is 74.1 cm³/mol. The van der Waals surface area contributed by atoms with Crippen LogP contribution in [0.15, 0.2) is 18.3 Å². The molecule has 1 aromatic heterocycles. The number of nitrogens with two attached hydrogens (primary N) is 1. The van der Waals surface area contributed by atoms with Crippen molar-refractivity contribution in [2.45, 2.75) is 38.2 Å². The zero-order valence-electron chi connectivity index (χ0n) is 11.1. The maximum Gasteiger partial charge on any atom is 0.248 e. The molecule has 0 aromatic carbocycles. The van der Waals surface area contributed by atoms with Crippen molar-refractivity contribution in [3.05, 3.63) is 23.9 Å². The highest BCUT2D eigenvalue weighted by molar-refractivity contribution is 5.93. The molecule has 5 heteroatoms. The zero-order chi connectivity index (χ0) is 13.5. The van der Waals surface area contributed by atoms with Gasteiger partial charge in [0.2, 0.25) is 5.91 Å². The van der Waals surface area contributed by atoms with Crippen molar-refractivity contribution in [3.63, 3.8) is 0 Å². The fourth-order valence-corrected chi connectivity index (χ4v) is 2.27. The van der Waals surface area contributed by atoms with Gasteiger partial charge in [0.25, 0.3) is 0 Å². The summed E-state index contributed by atoms with van der Waals surface area (Å²) in [4.78, 5) is 15.2. The number of nitrogens with zero attached hydrogens (tertiary/aromatic N) is 1. The van der Waals surface area contributed by atoms with Crippen molar-refractivity contribution in [2.75, 3.05) is 18.5 Å². The Bertz CT molecular complexity index is 417. The van der Waals surface area contributed by atoms with Crippen LogP contribution < -0.4 is 11.1 Å². The van der Waals surface area contributed by atoms with Gasteiger partial charge in [-0.15, -0.1) is 0 Å². The van der Waals surface area contributed by atoms with Crippen molar-refractivity contribution in [1.29, 1.82) is 0 Å². The zero-order valence-corrected chi connectivity index (χ0v) is 11.1. The molecule has 5 nitrogen and oxygen atoms in total. The summed E-state index contributed by atoms with van der Waals surface area (Å²) in [6, 6.07) is 3.30. The summed E-state index contributed by atoms with van der Waals surface area (Å²) < 4.78 is 5.58. The first-order chi connectivity index (χ1) is 9.25. The molecule has 1 aliphatic rings. The Hall–Kier alpha value is -1.62. The van der Waals surface area contributed by atoms with Gasteiger partial charge in [0.15, 0.2) is 0 Å². The van der Waals surface area contributed by atoms with E-state index >= 15 is 0 Å². The first-order valence-electron chi connectivity index (χ1n) is 6.87. The van der Waals surface area contributed by atoms with E-state index in [0.717, 1.165) is 32.4 Å². The summed E-state index contributed by atoms with van der Waals surface area (Å²) in [7, 11) is 0. The maximum absolute atomic E-state index is 11.0. The van der Waals surface area contributed by atoms with Gasteiger partial charge in [-0.25, -0.2) is 4.98 Å². The minimum Gasteiger partial charge on any atom is -0.378 e. The molecule has 3 N–H and O–H groups in total. The summed E-state index contributed by atoms with van der Waals surface area (Å²) in [5.41, 5.74) is 5.70. The minimum absolute atomic E-state index is 0.427. The molecular weight excluding hydrogens is 242 g/mol. The Labute approximate surface area is 113 Å². The van der Waals surface area contributed by atoms with Crippen molar-refractivity contribution >= 4 is 11.7 Å². The quantitative estimate of drug-likeness (QED) is 0.737. The lowest BCUT2D eigenvalue weighted by atomic mass is 10.1. The molecule has 0 radical (unpaired) electrons. The van der Waals surface area contributed by atoms with Crippen LogP contribution in [-0.2, 0) is 4.74 Å². The van der Waals surface area contributed by atoms with E-state index in [0.29, 0.717) is 17.5 Å². The molecule has 1 unspecified atom stereocenters. The molecule has 1 amide bonds. The van der Waals surface area contributed by atoms with E-state index < -0.39 is 5.91 Å². The van der Waals surface area contributed by atoms with Crippen molar-refractivity contribution in [2.24, 2.45) is 5.73 Å². The second kappa shape index (κ2) is 7.09. The lowest BCUT2D eigenvalue weighted by Gasteiger charge is -2.09. The summed E-state index contributed by atoms with van der Waals surface area (Å²) in [6.45, 7) is 1.77.